The van der Waals surface area contributed by atoms with Crippen molar-refractivity contribution < 1.29 is 20.1 Å². The summed E-state index contributed by atoms with van der Waals surface area (Å²) in [5, 5.41) is 27.9. The maximum Gasteiger partial charge on any atom is 0.320 e. The lowest BCUT2D eigenvalue weighted by Crippen LogP contribution is -2.37. The van der Waals surface area contributed by atoms with E-state index in [1.807, 2.05) is 4.90 Å². The fraction of sp³-hybridized carbons (Fsp3) is 0.462. The van der Waals surface area contributed by atoms with E-state index in [9.17, 15) is 15.0 Å². The van der Waals surface area contributed by atoms with Crippen molar-refractivity contribution in [2.24, 2.45) is 0 Å². The van der Waals surface area contributed by atoms with E-state index in [0.29, 0.717) is 19.4 Å². The van der Waals surface area contributed by atoms with Crippen LogP contribution in [-0.4, -0.2) is 45.3 Å². The minimum absolute atomic E-state index is 0.0286. The maximum atomic E-state index is 11.0. The first kappa shape index (κ1) is 12.7. The highest BCUT2D eigenvalue weighted by Crippen LogP contribution is 2.24. The van der Waals surface area contributed by atoms with Gasteiger partial charge in [0, 0.05) is 12.6 Å². The standard InChI is InChI=1S/C13H17NO4/c15-10-4-3-9(12(16)8-10)5-7-14-6-1-2-11(14)13(17)18/h3-4,8,11,15-16H,1-2,5-7H2,(H,17,18). The van der Waals surface area contributed by atoms with Crippen LogP contribution in [0.3, 0.4) is 0 Å². The first-order valence-corrected chi connectivity index (χ1v) is 6.05. The highest BCUT2D eigenvalue weighted by Gasteiger charge is 2.29. The topological polar surface area (TPSA) is 81.0 Å². The molecule has 3 N–H and O–H groups in total. The Hall–Kier alpha value is -1.75. The van der Waals surface area contributed by atoms with E-state index in [4.69, 9.17) is 5.11 Å². The number of benzene rings is 1. The molecule has 0 radical (unpaired) electrons. The van der Waals surface area contributed by atoms with Gasteiger partial charge in [0.15, 0.2) is 0 Å². The first-order valence-electron chi connectivity index (χ1n) is 6.05. The van der Waals surface area contributed by atoms with E-state index >= 15 is 0 Å². The first-order chi connectivity index (χ1) is 8.58. The number of hydrogen-bond donors (Lipinski definition) is 3. The zero-order valence-electron chi connectivity index (χ0n) is 10.0. The van der Waals surface area contributed by atoms with Crippen LogP contribution in [0.2, 0.25) is 0 Å². The third-order valence-corrected chi connectivity index (χ3v) is 3.39. The summed E-state index contributed by atoms with van der Waals surface area (Å²) in [6.07, 6.45) is 2.17. The number of nitrogens with zero attached hydrogens (tertiary/aromatic N) is 1. The Morgan fingerprint density at radius 1 is 1.39 bits per heavy atom. The fourth-order valence-electron chi connectivity index (χ4n) is 2.40. The monoisotopic (exact) mass is 251 g/mol. The van der Waals surface area contributed by atoms with Gasteiger partial charge in [0.1, 0.15) is 17.5 Å². The number of aromatic hydroxyl groups is 2. The zero-order valence-corrected chi connectivity index (χ0v) is 10.0. The molecule has 1 saturated heterocycles. The average Bonchev–Trinajstić information content (AvgIpc) is 2.76. The largest absolute Gasteiger partial charge is 0.508 e. The second-order valence-electron chi connectivity index (χ2n) is 4.60. The van der Waals surface area contributed by atoms with Crippen molar-refractivity contribution in [2.45, 2.75) is 25.3 Å². The molecule has 1 aromatic carbocycles. The Bertz CT molecular complexity index is 447. The summed E-state index contributed by atoms with van der Waals surface area (Å²) in [6, 6.07) is 4.09. The van der Waals surface area contributed by atoms with E-state index in [2.05, 4.69) is 0 Å². The molecule has 0 aromatic heterocycles. The summed E-state index contributed by atoms with van der Waals surface area (Å²) in [4.78, 5) is 12.9. The van der Waals surface area contributed by atoms with Gasteiger partial charge in [-0.3, -0.25) is 9.69 Å². The minimum Gasteiger partial charge on any atom is -0.508 e. The number of carbonyl (C=O) groups is 1. The van der Waals surface area contributed by atoms with Crippen LogP contribution in [-0.2, 0) is 11.2 Å². The lowest BCUT2D eigenvalue weighted by atomic mass is 10.1. The van der Waals surface area contributed by atoms with Crippen LogP contribution < -0.4 is 0 Å². The van der Waals surface area contributed by atoms with Crippen LogP contribution >= 0.6 is 0 Å². The molecule has 1 fully saturated rings. The van der Waals surface area contributed by atoms with Gasteiger partial charge in [0.25, 0.3) is 0 Å². The molecule has 5 heteroatoms. The molecular formula is C13H17NO4. The third kappa shape index (κ3) is 2.73. The van der Waals surface area contributed by atoms with E-state index in [-0.39, 0.29) is 11.5 Å². The van der Waals surface area contributed by atoms with Gasteiger partial charge < -0.3 is 15.3 Å². The van der Waals surface area contributed by atoms with E-state index < -0.39 is 12.0 Å². The number of aliphatic carboxylic acids is 1. The van der Waals surface area contributed by atoms with E-state index in [1.54, 1.807) is 6.07 Å². The minimum atomic E-state index is -0.776. The van der Waals surface area contributed by atoms with E-state index in [0.717, 1.165) is 18.5 Å². The molecular weight excluding hydrogens is 234 g/mol. The highest BCUT2D eigenvalue weighted by atomic mass is 16.4. The normalized spacial score (nSPS) is 20.1. The Balaban J connectivity index is 1.97. The van der Waals surface area contributed by atoms with Crippen LogP contribution in [0, 0.1) is 0 Å². The van der Waals surface area contributed by atoms with Gasteiger partial charge in [-0.25, -0.2) is 0 Å². The summed E-state index contributed by atoms with van der Waals surface area (Å²) >= 11 is 0. The van der Waals surface area contributed by atoms with Crippen molar-refractivity contribution >= 4 is 5.97 Å². The summed E-state index contributed by atoms with van der Waals surface area (Å²) in [5.41, 5.74) is 0.726. The van der Waals surface area contributed by atoms with Gasteiger partial charge in [0.05, 0.1) is 0 Å². The summed E-state index contributed by atoms with van der Waals surface area (Å²) in [5.74, 6) is -0.690. The average molecular weight is 251 g/mol. The Kier molecular flexibility index (Phi) is 3.72. The number of hydrogen-bond acceptors (Lipinski definition) is 4. The number of carboxylic acids is 1. The van der Waals surface area contributed by atoms with Crippen LogP contribution in [0.25, 0.3) is 0 Å². The van der Waals surface area contributed by atoms with Crippen molar-refractivity contribution in [3.8, 4) is 11.5 Å². The Morgan fingerprint density at radius 3 is 2.83 bits per heavy atom. The van der Waals surface area contributed by atoms with E-state index in [1.165, 1.54) is 12.1 Å². The molecule has 1 heterocycles. The van der Waals surface area contributed by atoms with Gasteiger partial charge in [-0.05, 0) is 37.4 Å². The van der Waals surface area contributed by atoms with Crippen molar-refractivity contribution in [3.63, 3.8) is 0 Å². The predicted molar refractivity (Wildman–Crippen MR) is 65.7 cm³/mol. The second kappa shape index (κ2) is 5.27. The maximum absolute atomic E-state index is 11.0. The summed E-state index contributed by atoms with van der Waals surface area (Å²) in [6.45, 7) is 1.39. The number of likely N-dealkylation sites (tertiary alicyclic amines) is 1. The molecule has 1 unspecified atom stereocenters. The second-order valence-corrected chi connectivity index (χ2v) is 4.60. The van der Waals surface area contributed by atoms with Crippen molar-refractivity contribution in [1.29, 1.82) is 0 Å². The van der Waals surface area contributed by atoms with Gasteiger partial charge >= 0.3 is 5.97 Å². The molecule has 0 bridgehead atoms. The number of carboxylic acid groups (broad SMARTS) is 1. The molecule has 98 valence electrons. The summed E-state index contributed by atoms with van der Waals surface area (Å²) in [7, 11) is 0. The van der Waals surface area contributed by atoms with Gasteiger partial charge in [-0.2, -0.15) is 0 Å². The third-order valence-electron chi connectivity index (χ3n) is 3.39. The van der Waals surface area contributed by atoms with Crippen molar-refractivity contribution in [3.05, 3.63) is 23.8 Å². The van der Waals surface area contributed by atoms with Crippen molar-refractivity contribution in [1.82, 2.24) is 4.90 Å². The molecule has 18 heavy (non-hydrogen) atoms. The molecule has 5 nitrogen and oxygen atoms in total. The molecule has 0 aliphatic carbocycles. The number of phenols is 2. The Morgan fingerprint density at radius 2 is 2.17 bits per heavy atom. The molecule has 1 aliphatic heterocycles. The SMILES string of the molecule is O=C(O)C1CCCN1CCc1ccc(O)cc1O. The van der Waals surface area contributed by atoms with Gasteiger partial charge in [-0.15, -0.1) is 0 Å². The highest BCUT2D eigenvalue weighted by molar-refractivity contribution is 5.73. The lowest BCUT2D eigenvalue weighted by molar-refractivity contribution is -0.142. The number of phenolic OH excluding ortho intramolecular Hbond substituents is 2. The smallest absolute Gasteiger partial charge is 0.320 e. The fourth-order valence-corrected chi connectivity index (χ4v) is 2.40. The lowest BCUT2D eigenvalue weighted by Gasteiger charge is -2.21. The molecule has 0 saturated carbocycles. The molecule has 0 spiro atoms. The predicted octanol–water partition coefficient (Wildman–Crippen LogP) is 1.19. The Labute approximate surface area is 105 Å². The zero-order chi connectivity index (χ0) is 13.1. The van der Waals surface area contributed by atoms with Crippen LogP contribution in [0.1, 0.15) is 18.4 Å². The van der Waals surface area contributed by atoms with Crippen LogP contribution in [0.5, 0.6) is 11.5 Å². The number of rotatable bonds is 4. The molecule has 0 amide bonds. The molecule has 1 aliphatic rings. The van der Waals surface area contributed by atoms with Crippen LogP contribution in [0.4, 0.5) is 0 Å². The van der Waals surface area contributed by atoms with Crippen LogP contribution in [0.15, 0.2) is 18.2 Å². The van der Waals surface area contributed by atoms with Crippen molar-refractivity contribution in [2.75, 3.05) is 13.1 Å². The van der Waals surface area contributed by atoms with Gasteiger partial charge in [0.2, 0.25) is 0 Å². The summed E-state index contributed by atoms with van der Waals surface area (Å²) < 4.78 is 0. The quantitative estimate of drug-likeness (QED) is 0.749. The van der Waals surface area contributed by atoms with Gasteiger partial charge in [-0.1, -0.05) is 6.07 Å². The molecule has 2 rings (SSSR count). The molecule has 1 atom stereocenters. The molecule has 1 aromatic rings.